The molecule has 2 aromatic rings. The third kappa shape index (κ3) is 4.29. The van der Waals surface area contributed by atoms with Gasteiger partial charge in [-0.05, 0) is 44.9 Å². The van der Waals surface area contributed by atoms with E-state index in [0.29, 0.717) is 35.7 Å². The summed E-state index contributed by atoms with van der Waals surface area (Å²) in [5, 5.41) is 5.76. The van der Waals surface area contributed by atoms with Gasteiger partial charge in [0.05, 0.1) is 0 Å². The van der Waals surface area contributed by atoms with Crippen molar-refractivity contribution in [2.75, 3.05) is 18.0 Å². The first-order chi connectivity index (χ1) is 15.3. The summed E-state index contributed by atoms with van der Waals surface area (Å²) in [7, 11) is 0. The van der Waals surface area contributed by atoms with Crippen molar-refractivity contribution >= 4 is 23.3 Å². The molecular weight excluding hydrogens is 410 g/mol. The van der Waals surface area contributed by atoms with Gasteiger partial charge in [0.15, 0.2) is 0 Å². The molecule has 2 aromatic heterocycles. The molecule has 4 rings (SSSR count). The Morgan fingerprint density at radius 2 is 2.00 bits per heavy atom. The van der Waals surface area contributed by atoms with Gasteiger partial charge in [0, 0.05) is 48.7 Å². The van der Waals surface area contributed by atoms with E-state index in [9.17, 15) is 14.4 Å². The number of aromatic nitrogens is 3. The molecule has 10 nitrogen and oxygen atoms in total. The van der Waals surface area contributed by atoms with E-state index in [2.05, 4.69) is 30.6 Å². The predicted octanol–water partition coefficient (Wildman–Crippen LogP) is 0.683. The molecule has 1 atom stereocenters. The third-order valence-corrected chi connectivity index (χ3v) is 5.69. The van der Waals surface area contributed by atoms with Crippen molar-refractivity contribution in [3.8, 4) is 0 Å². The molecule has 0 unspecified atom stereocenters. The van der Waals surface area contributed by atoms with Gasteiger partial charge in [0.25, 0.3) is 17.4 Å². The van der Waals surface area contributed by atoms with E-state index < -0.39 is 0 Å². The number of amides is 2. The van der Waals surface area contributed by atoms with Gasteiger partial charge in [-0.3, -0.25) is 19.4 Å². The minimum absolute atomic E-state index is 0.0259. The Morgan fingerprint density at radius 1 is 1.22 bits per heavy atom. The van der Waals surface area contributed by atoms with Crippen LogP contribution in [0.1, 0.15) is 39.3 Å². The molecule has 1 fully saturated rings. The van der Waals surface area contributed by atoms with Crippen LogP contribution in [0.3, 0.4) is 0 Å². The second kappa shape index (κ2) is 8.74. The maximum absolute atomic E-state index is 12.8. The Hall–Kier alpha value is -3.82. The molecule has 1 saturated heterocycles. The van der Waals surface area contributed by atoms with E-state index in [4.69, 9.17) is 0 Å². The minimum Gasteiger partial charge on any atom is -0.354 e. The first-order valence-corrected chi connectivity index (χ1v) is 10.4. The summed E-state index contributed by atoms with van der Waals surface area (Å²) in [4.78, 5) is 54.3. The van der Waals surface area contributed by atoms with Crippen LogP contribution in [0.15, 0.2) is 34.5 Å². The molecule has 0 spiro atoms. The second-order valence-corrected chi connectivity index (χ2v) is 8.03. The number of H-pyrrole nitrogens is 1. The van der Waals surface area contributed by atoms with Crippen molar-refractivity contribution in [1.82, 2.24) is 25.6 Å². The number of nitrogens with zero attached hydrogens (tertiary/aromatic N) is 4. The molecule has 0 bridgehead atoms. The van der Waals surface area contributed by atoms with E-state index in [1.807, 2.05) is 24.8 Å². The number of aliphatic imine (C=N–C) groups is 1. The minimum atomic E-state index is -0.371. The van der Waals surface area contributed by atoms with Crippen molar-refractivity contribution in [1.29, 1.82) is 0 Å². The number of aromatic amines is 1. The van der Waals surface area contributed by atoms with E-state index in [1.54, 1.807) is 19.2 Å². The summed E-state index contributed by atoms with van der Waals surface area (Å²) in [6.45, 7) is 6.84. The Labute approximate surface area is 184 Å². The van der Waals surface area contributed by atoms with Gasteiger partial charge >= 0.3 is 0 Å². The SMILES string of the molecule is Cc1cc(C)c(CNC(=O)c2ncnc(N3CC[C@H](NC(=O)C4=NC=C4)C3)c2C)c(=O)[nH]1. The van der Waals surface area contributed by atoms with E-state index in [-0.39, 0.29) is 35.7 Å². The summed E-state index contributed by atoms with van der Waals surface area (Å²) in [5.41, 5.74) is 3.24. The summed E-state index contributed by atoms with van der Waals surface area (Å²) < 4.78 is 0. The third-order valence-electron chi connectivity index (χ3n) is 5.69. The number of hydrogen-bond acceptors (Lipinski definition) is 7. The van der Waals surface area contributed by atoms with Gasteiger partial charge in [-0.25, -0.2) is 9.97 Å². The maximum atomic E-state index is 12.8. The van der Waals surface area contributed by atoms with Crippen molar-refractivity contribution in [2.45, 2.75) is 39.8 Å². The molecule has 0 radical (unpaired) electrons. The monoisotopic (exact) mass is 435 g/mol. The summed E-state index contributed by atoms with van der Waals surface area (Å²) >= 11 is 0. The highest BCUT2D eigenvalue weighted by Gasteiger charge is 2.28. The summed E-state index contributed by atoms with van der Waals surface area (Å²) in [6, 6.07) is 1.84. The lowest BCUT2D eigenvalue weighted by Gasteiger charge is -2.21. The average Bonchev–Trinajstić information content (AvgIpc) is 3.13. The Bertz CT molecular complexity index is 1200. The highest BCUT2D eigenvalue weighted by molar-refractivity contribution is 6.45. The molecule has 2 aliphatic rings. The fraction of sp³-hybridized carbons (Fsp3) is 0.364. The number of pyridine rings is 1. The Morgan fingerprint density at radius 3 is 2.69 bits per heavy atom. The van der Waals surface area contributed by atoms with Crippen LogP contribution in [0.4, 0.5) is 5.82 Å². The van der Waals surface area contributed by atoms with Crippen molar-refractivity contribution in [2.24, 2.45) is 4.99 Å². The zero-order chi connectivity index (χ0) is 22.8. The molecular formula is C22H25N7O3. The molecule has 32 heavy (non-hydrogen) atoms. The lowest BCUT2D eigenvalue weighted by Crippen LogP contribution is -2.41. The van der Waals surface area contributed by atoms with Gasteiger partial charge in [-0.15, -0.1) is 0 Å². The lowest BCUT2D eigenvalue weighted by molar-refractivity contribution is -0.115. The van der Waals surface area contributed by atoms with Gasteiger partial charge < -0.3 is 20.5 Å². The van der Waals surface area contributed by atoms with Gasteiger partial charge in [-0.1, -0.05) is 0 Å². The van der Waals surface area contributed by atoms with Crippen LogP contribution in [0.2, 0.25) is 0 Å². The maximum Gasteiger partial charge on any atom is 0.270 e. The van der Waals surface area contributed by atoms with Gasteiger partial charge in [0.2, 0.25) is 0 Å². The van der Waals surface area contributed by atoms with Crippen molar-refractivity contribution < 1.29 is 9.59 Å². The smallest absolute Gasteiger partial charge is 0.270 e. The molecule has 0 aromatic carbocycles. The molecule has 2 amide bonds. The summed E-state index contributed by atoms with van der Waals surface area (Å²) in [5.74, 6) is 0.108. The number of carbonyl (C=O) groups is 2. The predicted molar refractivity (Wildman–Crippen MR) is 120 cm³/mol. The number of anilines is 1. The van der Waals surface area contributed by atoms with Crippen LogP contribution < -0.4 is 21.1 Å². The topological polar surface area (TPSA) is 132 Å². The molecule has 2 aliphatic heterocycles. The van der Waals surface area contributed by atoms with E-state index >= 15 is 0 Å². The van der Waals surface area contributed by atoms with Crippen LogP contribution in [-0.2, 0) is 11.3 Å². The lowest BCUT2D eigenvalue weighted by atomic mass is 10.1. The van der Waals surface area contributed by atoms with Crippen molar-refractivity contribution in [3.63, 3.8) is 0 Å². The van der Waals surface area contributed by atoms with Crippen LogP contribution in [0.5, 0.6) is 0 Å². The standard InChI is InChI=1S/C22H25N7O3/c1-12-8-13(2)27-20(30)16(12)9-24-22(32)18-14(3)19(26-11-25-18)29-7-5-15(10-29)28-21(31)17-4-6-23-17/h4,6,8,11,15H,5,7,9-10H2,1-3H3,(H,24,32)(H,27,30)(H,28,31)/t15-/m0/s1. The highest BCUT2D eigenvalue weighted by atomic mass is 16.2. The Balaban J connectivity index is 1.43. The zero-order valence-corrected chi connectivity index (χ0v) is 18.2. The number of carbonyl (C=O) groups excluding carboxylic acids is 2. The quantitative estimate of drug-likeness (QED) is 0.611. The number of hydrogen-bond donors (Lipinski definition) is 3. The number of rotatable bonds is 6. The first kappa shape index (κ1) is 21.4. The van der Waals surface area contributed by atoms with Crippen LogP contribution in [-0.4, -0.2) is 51.6 Å². The van der Waals surface area contributed by atoms with Gasteiger partial charge in [0.1, 0.15) is 23.6 Å². The van der Waals surface area contributed by atoms with Crippen LogP contribution in [0, 0.1) is 20.8 Å². The van der Waals surface area contributed by atoms with E-state index in [1.165, 1.54) is 6.33 Å². The average molecular weight is 435 g/mol. The fourth-order valence-electron chi connectivity index (χ4n) is 3.96. The normalized spacial score (nSPS) is 17.0. The second-order valence-electron chi connectivity index (χ2n) is 8.03. The largest absolute Gasteiger partial charge is 0.354 e. The first-order valence-electron chi connectivity index (χ1n) is 10.4. The molecule has 0 aliphatic carbocycles. The number of nitrogens with one attached hydrogen (secondary N) is 3. The zero-order valence-electron chi connectivity index (χ0n) is 18.2. The van der Waals surface area contributed by atoms with Crippen molar-refractivity contribution in [3.05, 3.63) is 63.1 Å². The fourth-order valence-corrected chi connectivity index (χ4v) is 3.96. The highest BCUT2D eigenvalue weighted by Crippen LogP contribution is 2.23. The molecule has 166 valence electrons. The molecule has 10 heteroatoms. The summed E-state index contributed by atoms with van der Waals surface area (Å²) in [6.07, 6.45) is 5.39. The molecule has 4 heterocycles. The molecule has 0 saturated carbocycles. The molecule has 3 N–H and O–H groups in total. The van der Waals surface area contributed by atoms with Crippen LogP contribution >= 0.6 is 0 Å². The Kier molecular flexibility index (Phi) is 5.85. The number of aryl methyl sites for hydroxylation is 2. The van der Waals surface area contributed by atoms with Gasteiger partial charge in [-0.2, -0.15) is 0 Å². The van der Waals surface area contributed by atoms with E-state index in [0.717, 1.165) is 17.7 Å². The van der Waals surface area contributed by atoms with Crippen LogP contribution in [0.25, 0.3) is 0 Å².